The fraction of sp³-hybridized carbons (Fsp3) is 0.476. The normalized spacial score (nSPS) is 19.2. The first-order chi connectivity index (χ1) is 13.9. The molecular weight excluding hydrogens is 375 g/mol. The zero-order valence-corrected chi connectivity index (χ0v) is 16.6. The first kappa shape index (κ1) is 20.8. The Morgan fingerprint density at radius 2 is 2.03 bits per heavy atom. The summed E-state index contributed by atoms with van der Waals surface area (Å²) in [7, 11) is 0. The molecule has 2 N–H and O–H groups in total. The molecule has 1 aromatic heterocycles. The number of rotatable bonds is 8. The van der Waals surface area contributed by atoms with Crippen LogP contribution in [0.3, 0.4) is 0 Å². The molecule has 1 aliphatic heterocycles. The highest BCUT2D eigenvalue weighted by Gasteiger charge is 2.39. The number of halogens is 1. The highest BCUT2D eigenvalue weighted by atomic mass is 19.1. The monoisotopic (exact) mass is 402 g/mol. The van der Waals surface area contributed by atoms with Gasteiger partial charge in [0.1, 0.15) is 11.6 Å². The standard InChI is InChI=1S/C21H27FN4O3/c1-16-7-10-24-26(16)12-8-20(28)25-11-2-9-21(14-25,13-19(23)27)15-29-18-5-3-17(22)4-6-18/h3-7,10H,2,8-9,11-15H2,1H3,(H2,23,27)/t21-/m0/s1. The van der Waals surface area contributed by atoms with Gasteiger partial charge in [-0.05, 0) is 50.1 Å². The summed E-state index contributed by atoms with van der Waals surface area (Å²) in [4.78, 5) is 26.3. The van der Waals surface area contributed by atoms with Crippen molar-refractivity contribution in [2.24, 2.45) is 11.1 Å². The molecule has 0 radical (unpaired) electrons. The van der Waals surface area contributed by atoms with Gasteiger partial charge in [-0.3, -0.25) is 14.3 Å². The zero-order chi connectivity index (χ0) is 20.9. The summed E-state index contributed by atoms with van der Waals surface area (Å²) in [5.74, 6) is -0.219. The largest absolute Gasteiger partial charge is 0.493 e. The third-order valence-electron chi connectivity index (χ3n) is 5.39. The molecule has 156 valence electrons. The first-order valence-corrected chi connectivity index (χ1v) is 9.80. The Kier molecular flexibility index (Phi) is 6.51. The van der Waals surface area contributed by atoms with Crippen molar-refractivity contribution in [1.82, 2.24) is 14.7 Å². The van der Waals surface area contributed by atoms with Crippen molar-refractivity contribution in [3.05, 3.63) is 48.0 Å². The van der Waals surface area contributed by atoms with Crippen LogP contribution < -0.4 is 10.5 Å². The van der Waals surface area contributed by atoms with Crippen molar-refractivity contribution >= 4 is 11.8 Å². The number of ether oxygens (including phenoxy) is 1. The molecule has 0 bridgehead atoms. The SMILES string of the molecule is Cc1ccnn1CCC(=O)N1CCC[C@](COc2ccc(F)cc2)(CC(N)=O)C1. The van der Waals surface area contributed by atoms with Crippen LogP contribution in [0.5, 0.6) is 5.75 Å². The van der Waals surface area contributed by atoms with E-state index in [-0.39, 0.29) is 24.8 Å². The highest BCUT2D eigenvalue weighted by molar-refractivity contribution is 5.77. The van der Waals surface area contributed by atoms with E-state index in [9.17, 15) is 14.0 Å². The van der Waals surface area contributed by atoms with Crippen LogP contribution in [0.15, 0.2) is 36.5 Å². The summed E-state index contributed by atoms with van der Waals surface area (Å²) in [6.45, 7) is 3.76. The average Bonchev–Trinajstić information content (AvgIpc) is 3.10. The number of hydrogen-bond acceptors (Lipinski definition) is 4. The van der Waals surface area contributed by atoms with Crippen molar-refractivity contribution in [2.75, 3.05) is 19.7 Å². The Hall–Kier alpha value is -2.90. The van der Waals surface area contributed by atoms with Crippen LogP contribution in [0.2, 0.25) is 0 Å². The minimum Gasteiger partial charge on any atom is -0.493 e. The topological polar surface area (TPSA) is 90.4 Å². The molecule has 1 fully saturated rings. The van der Waals surface area contributed by atoms with Crippen LogP contribution in [0.1, 0.15) is 31.4 Å². The number of aryl methyl sites for hydroxylation is 2. The fourth-order valence-corrected chi connectivity index (χ4v) is 3.86. The second kappa shape index (κ2) is 9.07. The van der Waals surface area contributed by atoms with Crippen LogP contribution >= 0.6 is 0 Å². The predicted molar refractivity (Wildman–Crippen MR) is 106 cm³/mol. The molecule has 0 unspecified atom stereocenters. The number of nitrogens with two attached hydrogens (primary N) is 1. The van der Waals surface area contributed by atoms with E-state index in [2.05, 4.69) is 5.10 Å². The van der Waals surface area contributed by atoms with Crippen LogP contribution in [-0.2, 0) is 16.1 Å². The number of primary amides is 1. The van der Waals surface area contributed by atoms with Crippen molar-refractivity contribution in [3.63, 3.8) is 0 Å². The number of carbonyl (C=O) groups is 2. The lowest BCUT2D eigenvalue weighted by Crippen LogP contribution is -2.50. The molecule has 1 atom stereocenters. The number of piperidine rings is 1. The third-order valence-corrected chi connectivity index (χ3v) is 5.39. The van der Waals surface area contributed by atoms with Crippen molar-refractivity contribution in [3.8, 4) is 5.75 Å². The predicted octanol–water partition coefficient (Wildman–Crippen LogP) is 2.28. The summed E-state index contributed by atoms with van der Waals surface area (Å²) in [5, 5.41) is 4.21. The Bertz CT molecular complexity index is 852. The molecule has 1 aliphatic rings. The Morgan fingerprint density at radius 3 is 2.69 bits per heavy atom. The zero-order valence-electron chi connectivity index (χ0n) is 16.6. The van der Waals surface area contributed by atoms with Gasteiger partial charge in [0.05, 0.1) is 6.61 Å². The van der Waals surface area contributed by atoms with Gasteiger partial charge in [0.25, 0.3) is 0 Å². The van der Waals surface area contributed by atoms with Crippen LogP contribution in [0.25, 0.3) is 0 Å². The summed E-state index contributed by atoms with van der Waals surface area (Å²) in [5.41, 5.74) is 5.96. The van der Waals surface area contributed by atoms with Crippen LogP contribution in [0, 0.1) is 18.2 Å². The fourth-order valence-electron chi connectivity index (χ4n) is 3.86. The maximum atomic E-state index is 13.1. The van der Waals surface area contributed by atoms with Gasteiger partial charge in [0.15, 0.2) is 0 Å². The van der Waals surface area contributed by atoms with E-state index in [1.165, 1.54) is 12.1 Å². The number of carbonyl (C=O) groups excluding carboxylic acids is 2. The van der Waals surface area contributed by atoms with Crippen molar-refractivity contribution in [1.29, 1.82) is 0 Å². The van der Waals surface area contributed by atoms with E-state index < -0.39 is 11.3 Å². The summed E-state index contributed by atoms with van der Waals surface area (Å²) in [6, 6.07) is 7.64. The van der Waals surface area contributed by atoms with Gasteiger partial charge in [0.2, 0.25) is 11.8 Å². The third kappa shape index (κ3) is 5.56. The molecule has 1 saturated heterocycles. The van der Waals surface area contributed by atoms with Gasteiger partial charge in [-0.25, -0.2) is 4.39 Å². The number of aromatic nitrogens is 2. The minimum absolute atomic E-state index is 0.0234. The first-order valence-electron chi connectivity index (χ1n) is 9.80. The Balaban J connectivity index is 1.64. The van der Waals surface area contributed by atoms with Gasteiger partial charge in [-0.15, -0.1) is 0 Å². The molecule has 0 saturated carbocycles. The molecule has 0 aliphatic carbocycles. The lowest BCUT2D eigenvalue weighted by molar-refractivity contribution is -0.137. The maximum absolute atomic E-state index is 13.1. The number of benzene rings is 1. The molecule has 29 heavy (non-hydrogen) atoms. The lowest BCUT2D eigenvalue weighted by atomic mass is 9.77. The van der Waals surface area contributed by atoms with Crippen LogP contribution in [-0.4, -0.2) is 46.2 Å². The summed E-state index contributed by atoms with van der Waals surface area (Å²) >= 11 is 0. The average molecular weight is 402 g/mol. The van der Waals surface area contributed by atoms with E-state index >= 15 is 0 Å². The van der Waals surface area contributed by atoms with Gasteiger partial charge in [-0.2, -0.15) is 5.10 Å². The Labute approximate surface area is 169 Å². The van der Waals surface area contributed by atoms with Gasteiger partial charge in [0, 0.05) is 49.8 Å². The summed E-state index contributed by atoms with van der Waals surface area (Å²) in [6.07, 6.45) is 3.70. The van der Waals surface area contributed by atoms with E-state index in [1.807, 2.05) is 13.0 Å². The molecule has 1 aromatic carbocycles. The minimum atomic E-state index is -0.546. The lowest BCUT2D eigenvalue weighted by Gasteiger charge is -2.42. The molecule has 2 heterocycles. The maximum Gasteiger partial charge on any atom is 0.224 e. The summed E-state index contributed by atoms with van der Waals surface area (Å²) < 4.78 is 20.7. The number of hydrogen-bond donors (Lipinski definition) is 1. The molecule has 2 aromatic rings. The Morgan fingerprint density at radius 1 is 1.28 bits per heavy atom. The van der Waals surface area contributed by atoms with Crippen molar-refractivity contribution in [2.45, 2.75) is 39.2 Å². The quantitative estimate of drug-likeness (QED) is 0.733. The van der Waals surface area contributed by atoms with Gasteiger partial charge >= 0.3 is 0 Å². The molecular formula is C21H27FN4O3. The van der Waals surface area contributed by atoms with Crippen molar-refractivity contribution < 1.29 is 18.7 Å². The second-order valence-corrected chi connectivity index (χ2v) is 7.75. The van der Waals surface area contributed by atoms with Crippen LogP contribution in [0.4, 0.5) is 4.39 Å². The van der Waals surface area contributed by atoms with E-state index in [1.54, 1.807) is 27.9 Å². The van der Waals surface area contributed by atoms with E-state index in [0.717, 1.165) is 18.5 Å². The molecule has 2 amide bonds. The molecule has 7 nitrogen and oxygen atoms in total. The molecule has 3 rings (SSSR count). The number of likely N-dealkylation sites (tertiary alicyclic amines) is 1. The number of amides is 2. The van der Waals surface area contributed by atoms with E-state index in [0.29, 0.717) is 31.8 Å². The molecule has 8 heteroatoms. The van der Waals surface area contributed by atoms with Gasteiger partial charge < -0.3 is 15.4 Å². The second-order valence-electron chi connectivity index (χ2n) is 7.75. The van der Waals surface area contributed by atoms with Gasteiger partial charge in [-0.1, -0.05) is 0 Å². The smallest absolute Gasteiger partial charge is 0.224 e. The molecule has 0 spiro atoms. The highest BCUT2D eigenvalue weighted by Crippen LogP contribution is 2.34. The van der Waals surface area contributed by atoms with E-state index in [4.69, 9.17) is 10.5 Å². The number of nitrogens with zero attached hydrogens (tertiary/aromatic N) is 3.